The Bertz CT molecular complexity index is 744. The number of morpholine rings is 1. The highest BCUT2D eigenvalue weighted by atomic mass is 16.5. The van der Waals surface area contributed by atoms with E-state index in [4.69, 9.17) is 4.74 Å². The van der Waals surface area contributed by atoms with Gasteiger partial charge in [0.1, 0.15) is 0 Å². The number of hydrogen-bond acceptors (Lipinski definition) is 6. The Kier molecular flexibility index (Phi) is 6.90. The van der Waals surface area contributed by atoms with Gasteiger partial charge < -0.3 is 19.6 Å². The molecule has 1 amide bonds. The average molecular weight is 368 g/mol. The number of ether oxygens (including phenoxy) is 1. The van der Waals surface area contributed by atoms with Gasteiger partial charge in [0.2, 0.25) is 5.95 Å². The van der Waals surface area contributed by atoms with E-state index < -0.39 is 0 Å². The second-order valence-electron chi connectivity index (χ2n) is 6.16. The lowest BCUT2D eigenvalue weighted by molar-refractivity contribution is 0.0742. The summed E-state index contributed by atoms with van der Waals surface area (Å²) in [7, 11) is 0. The number of amides is 1. The molecule has 1 fully saturated rings. The summed E-state index contributed by atoms with van der Waals surface area (Å²) in [5.74, 6) is 0.405. The number of carbonyl (C=O) groups is 1. The van der Waals surface area contributed by atoms with E-state index in [1.807, 2.05) is 47.4 Å². The molecule has 0 saturated carbocycles. The van der Waals surface area contributed by atoms with E-state index in [2.05, 4.69) is 9.97 Å². The monoisotopic (exact) mass is 368 g/mol. The number of aromatic nitrogens is 2. The summed E-state index contributed by atoms with van der Waals surface area (Å²) >= 11 is 0. The van der Waals surface area contributed by atoms with E-state index >= 15 is 0 Å². The summed E-state index contributed by atoms with van der Waals surface area (Å²) in [6, 6.07) is 9.87. The van der Waals surface area contributed by atoms with Gasteiger partial charge in [-0.1, -0.05) is 42.5 Å². The molecule has 1 aromatic heterocycles. The van der Waals surface area contributed by atoms with Gasteiger partial charge in [0.05, 0.1) is 25.4 Å². The van der Waals surface area contributed by atoms with Crippen LogP contribution >= 0.6 is 0 Å². The SMILES string of the molecule is O=C(c1cnc(N2CCOCC2)nc1)N(CC=Cc1ccccc1)CCO. The second-order valence-corrected chi connectivity index (χ2v) is 6.16. The minimum Gasteiger partial charge on any atom is -0.395 e. The summed E-state index contributed by atoms with van der Waals surface area (Å²) in [5, 5.41) is 9.30. The van der Waals surface area contributed by atoms with Crippen molar-refractivity contribution in [3.05, 3.63) is 59.9 Å². The highest BCUT2D eigenvalue weighted by Gasteiger charge is 2.17. The van der Waals surface area contributed by atoms with Gasteiger partial charge in [-0.2, -0.15) is 0 Å². The molecule has 1 saturated heterocycles. The molecule has 27 heavy (non-hydrogen) atoms. The molecule has 1 aliphatic rings. The van der Waals surface area contributed by atoms with Crippen LogP contribution in [0.1, 0.15) is 15.9 Å². The van der Waals surface area contributed by atoms with Gasteiger partial charge >= 0.3 is 0 Å². The van der Waals surface area contributed by atoms with Crippen molar-refractivity contribution in [1.29, 1.82) is 0 Å². The molecule has 142 valence electrons. The minimum absolute atomic E-state index is 0.0996. The van der Waals surface area contributed by atoms with Crippen molar-refractivity contribution in [2.45, 2.75) is 0 Å². The zero-order valence-electron chi connectivity index (χ0n) is 15.2. The van der Waals surface area contributed by atoms with Crippen LogP contribution in [0.15, 0.2) is 48.8 Å². The molecule has 7 heteroatoms. The van der Waals surface area contributed by atoms with Crippen molar-refractivity contribution in [2.75, 3.05) is 50.9 Å². The third kappa shape index (κ3) is 5.35. The topological polar surface area (TPSA) is 78.8 Å². The highest BCUT2D eigenvalue weighted by Crippen LogP contribution is 2.11. The van der Waals surface area contributed by atoms with Gasteiger partial charge in [-0.05, 0) is 5.56 Å². The second kappa shape index (κ2) is 9.80. The summed E-state index contributed by atoms with van der Waals surface area (Å²) in [6.45, 7) is 3.35. The number of nitrogens with zero attached hydrogens (tertiary/aromatic N) is 4. The molecule has 7 nitrogen and oxygen atoms in total. The van der Waals surface area contributed by atoms with Gasteiger partial charge in [-0.15, -0.1) is 0 Å². The van der Waals surface area contributed by atoms with Crippen LogP contribution in [0.3, 0.4) is 0 Å². The minimum atomic E-state index is -0.199. The van der Waals surface area contributed by atoms with Crippen LogP contribution in [0.2, 0.25) is 0 Å². The summed E-state index contributed by atoms with van der Waals surface area (Å²) in [4.78, 5) is 25.0. The number of hydrogen-bond donors (Lipinski definition) is 1. The Morgan fingerprint density at radius 2 is 1.89 bits per heavy atom. The number of carbonyl (C=O) groups excluding carboxylic acids is 1. The maximum atomic E-state index is 12.7. The Balaban J connectivity index is 1.64. The van der Waals surface area contributed by atoms with Crippen molar-refractivity contribution in [2.24, 2.45) is 0 Å². The first-order chi connectivity index (χ1) is 13.3. The lowest BCUT2D eigenvalue weighted by Crippen LogP contribution is -2.37. The van der Waals surface area contributed by atoms with Gasteiger partial charge in [0.15, 0.2) is 0 Å². The molecule has 0 atom stereocenters. The van der Waals surface area contributed by atoms with E-state index in [1.165, 1.54) is 0 Å². The standard InChI is InChI=1S/C20H24N4O3/c25-12-9-23(8-4-7-17-5-2-1-3-6-17)19(26)18-15-21-20(22-16-18)24-10-13-27-14-11-24/h1-7,15-16,25H,8-14H2. The molecule has 3 rings (SSSR count). The third-order valence-electron chi connectivity index (χ3n) is 4.27. The van der Waals surface area contributed by atoms with Crippen LogP contribution in [0.25, 0.3) is 6.08 Å². The first-order valence-corrected chi connectivity index (χ1v) is 9.04. The van der Waals surface area contributed by atoms with Gasteiger partial charge in [-0.25, -0.2) is 9.97 Å². The van der Waals surface area contributed by atoms with Crippen molar-refractivity contribution < 1.29 is 14.6 Å². The quantitative estimate of drug-likeness (QED) is 0.797. The number of benzene rings is 1. The Labute approximate surface area is 158 Å². The number of anilines is 1. The van der Waals surface area contributed by atoms with Crippen molar-refractivity contribution in [1.82, 2.24) is 14.9 Å². The van der Waals surface area contributed by atoms with E-state index in [0.29, 0.717) is 31.3 Å². The van der Waals surface area contributed by atoms with Crippen molar-refractivity contribution in [3.63, 3.8) is 0 Å². The van der Waals surface area contributed by atoms with E-state index in [9.17, 15) is 9.90 Å². The molecular formula is C20H24N4O3. The molecule has 1 aromatic carbocycles. The lowest BCUT2D eigenvalue weighted by Gasteiger charge is -2.26. The zero-order valence-corrected chi connectivity index (χ0v) is 15.2. The summed E-state index contributed by atoms with van der Waals surface area (Å²) in [5.41, 5.74) is 1.47. The van der Waals surface area contributed by atoms with Crippen LogP contribution in [-0.2, 0) is 4.74 Å². The molecule has 2 heterocycles. The largest absolute Gasteiger partial charge is 0.395 e. The number of aliphatic hydroxyl groups is 1. The fraction of sp³-hybridized carbons (Fsp3) is 0.350. The molecule has 0 aliphatic carbocycles. The van der Waals surface area contributed by atoms with Gasteiger partial charge in [0.25, 0.3) is 5.91 Å². The maximum absolute atomic E-state index is 12.7. The van der Waals surface area contributed by atoms with Gasteiger partial charge in [0, 0.05) is 38.6 Å². The zero-order chi connectivity index (χ0) is 18.9. The molecule has 2 aromatic rings. The fourth-order valence-corrected chi connectivity index (χ4v) is 2.82. The fourth-order valence-electron chi connectivity index (χ4n) is 2.82. The van der Waals surface area contributed by atoms with Crippen LogP contribution < -0.4 is 4.90 Å². The van der Waals surface area contributed by atoms with E-state index in [-0.39, 0.29) is 19.1 Å². The Morgan fingerprint density at radius 3 is 2.56 bits per heavy atom. The smallest absolute Gasteiger partial charge is 0.257 e. The Hall–Kier alpha value is -2.77. The highest BCUT2D eigenvalue weighted by molar-refractivity contribution is 5.93. The van der Waals surface area contributed by atoms with Gasteiger partial charge in [-0.3, -0.25) is 4.79 Å². The molecule has 0 bridgehead atoms. The summed E-state index contributed by atoms with van der Waals surface area (Å²) in [6.07, 6.45) is 6.96. The average Bonchev–Trinajstić information content (AvgIpc) is 2.74. The van der Waals surface area contributed by atoms with Crippen molar-refractivity contribution in [3.8, 4) is 0 Å². The summed E-state index contributed by atoms with van der Waals surface area (Å²) < 4.78 is 5.32. The molecule has 1 aliphatic heterocycles. The first kappa shape index (κ1) is 19.0. The molecule has 0 spiro atoms. The third-order valence-corrected chi connectivity index (χ3v) is 4.27. The van der Waals surface area contributed by atoms with Crippen LogP contribution in [0.4, 0.5) is 5.95 Å². The molecule has 1 N–H and O–H groups in total. The number of rotatable bonds is 7. The van der Waals surface area contributed by atoms with Crippen LogP contribution in [-0.4, -0.2) is 71.9 Å². The predicted molar refractivity (Wildman–Crippen MR) is 104 cm³/mol. The van der Waals surface area contributed by atoms with E-state index in [1.54, 1.807) is 17.3 Å². The van der Waals surface area contributed by atoms with E-state index in [0.717, 1.165) is 18.7 Å². The predicted octanol–water partition coefficient (Wildman–Crippen LogP) is 1.46. The lowest BCUT2D eigenvalue weighted by atomic mass is 10.2. The normalized spacial score (nSPS) is 14.5. The van der Waals surface area contributed by atoms with Crippen LogP contribution in [0.5, 0.6) is 0 Å². The molecule has 0 unspecified atom stereocenters. The molecule has 0 radical (unpaired) electrons. The maximum Gasteiger partial charge on any atom is 0.257 e. The van der Waals surface area contributed by atoms with Crippen molar-refractivity contribution >= 4 is 17.9 Å². The first-order valence-electron chi connectivity index (χ1n) is 9.04. The van der Waals surface area contributed by atoms with Crippen LogP contribution in [0, 0.1) is 0 Å². The molecular weight excluding hydrogens is 344 g/mol. The Morgan fingerprint density at radius 1 is 1.19 bits per heavy atom. The number of aliphatic hydroxyl groups excluding tert-OH is 1.